The molecular formula is C7H12N2O4. The van der Waals surface area contributed by atoms with Crippen molar-refractivity contribution in [3.63, 3.8) is 0 Å². The molecule has 0 heterocycles. The quantitative estimate of drug-likeness (QED) is 0.502. The number of rotatable bonds is 3. The maximum absolute atomic E-state index is 10.6. The van der Waals surface area contributed by atoms with E-state index in [-0.39, 0.29) is 6.61 Å². The van der Waals surface area contributed by atoms with Gasteiger partial charge in [0.05, 0.1) is 13.7 Å². The molecule has 0 aliphatic heterocycles. The minimum absolute atomic E-state index is 0.287. The minimum atomic E-state index is -0.924. The molecule has 0 saturated carbocycles. The average Bonchev–Trinajstić information content (AvgIpc) is 2.14. The SMILES string of the molecule is CCCCOC(=O)/N=N/C(=O)OC. The summed E-state index contributed by atoms with van der Waals surface area (Å²) in [4.78, 5) is 21.0. The van der Waals surface area contributed by atoms with Gasteiger partial charge in [-0.3, -0.25) is 0 Å². The highest BCUT2D eigenvalue weighted by molar-refractivity contribution is 5.72. The number of carbonyl (C=O) groups is 2. The van der Waals surface area contributed by atoms with Crippen LogP contribution in [0.4, 0.5) is 9.59 Å². The van der Waals surface area contributed by atoms with Gasteiger partial charge in [0.2, 0.25) is 0 Å². The van der Waals surface area contributed by atoms with Crippen LogP contribution in [0.25, 0.3) is 0 Å². The van der Waals surface area contributed by atoms with E-state index in [0.29, 0.717) is 0 Å². The van der Waals surface area contributed by atoms with Gasteiger partial charge < -0.3 is 9.47 Å². The Hall–Kier alpha value is -1.46. The lowest BCUT2D eigenvalue weighted by atomic mass is 10.4. The van der Waals surface area contributed by atoms with Gasteiger partial charge in [-0.2, -0.15) is 0 Å². The van der Waals surface area contributed by atoms with Gasteiger partial charge in [0.25, 0.3) is 0 Å². The van der Waals surface area contributed by atoms with Crippen LogP contribution in [0, 0.1) is 0 Å². The maximum atomic E-state index is 10.6. The standard InChI is InChI=1S/C7H12N2O4/c1-3-4-5-13-7(11)9-8-6(10)12-2/h3-5H2,1-2H3/b9-8+. The van der Waals surface area contributed by atoms with Crippen molar-refractivity contribution in [3.8, 4) is 0 Å². The summed E-state index contributed by atoms with van der Waals surface area (Å²) in [6.07, 6.45) is -0.118. The van der Waals surface area contributed by atoms with Gasteiger partial charge in [0.15, 0.2) is 0 Å². The summed E-state index contributed by atoms with van der Waals surface area (Å²) < 4.78 is 8.69. The highest BCUT2D eigenvalue weighted by atomic mass is 16.6. The third kappa shape index (κ3) is 6.92. The second kappa shape index (κ2) is 7.20. The van der Waals surface area contributed by atoms with E-state index in [4.69, 9.17) is 0 Å². The zero-order chi connectivity index (χ0) is 10.1. The summed E-state index contributed by atoms with van der Waals surface area (Å²) in [5, 5.41) is 5.87. The first-order valence-corrected chi connectivity index (χ1v) is 3.87. The van der Waals surface area contributed by atoms with Crippen LogP contribution in [0.15, 0.2) is 10.2 Å². The number of amides is 2. The fourth-order valence-corrected chi connectivity index (χ4v) is 0.455. The Morgan fingerprint density at radius 2 is 1.85 bits per heavy atom. The number of methoxy groups -OCH3 is 1. The first-order valence-electron chi connectivity index (χ1n) is 3.87. The fourth-order valence-electron chi connectivity index (χ4n) is 0.455. The first-order chi connectivity index (χ1) is 6.20. The lowest BCUT2D eigenvalue weighted by molar-refractivity contribution is 0.151. The molecule has 0 atom stereocenters. The molecule has 0 rings (SSSR count). The van der Waals surface area contributed by atoms with Gasteiger partial charge in [-0.1, -0.05) is 23.6 Å². The lowest BCUT2D eigenvalue weighted by Gasteiger charge is -1.96. The molecule has 0 fully saturated rings. The Balaban J connectivity index is 3.61. The Morgan fingerprint density at radius 1 is 1.23 bits per heavy atom. The number of nitrogens with zero attached hydrogens (tertiary/aromatic N) is 2. The van der Waals surface area contributed by atoms with Crippen LogP contribution in [0.2, 0.25) is 0 Å². The van der Waals surface area contributed by atoms with E-state index in [1.807, 2.05) is 6.92 Å². The molecule has 0 aromatic heterocycles. The summed E-state index contributed by atoms with van der Waals surface area (Å²) in [6.45, 7) is 2.25. The van der Waals surface area contributed by atoms with E-state index in [1.54, 1.807) is 0 Å². The number of ether oxygens (including phenoxy) is 2. The smallest absolute Gasteiger partial charge is 0.450 e. The Morgan fingerprint density at radius 3 is 2.38 bits per heavy atom. The molecule has 74 valence electrons. The first kappa shape index (κ1) is 11.5. The summed E-state index contributed by atoms with van der Waals surface area (Å²) >= 11 is 0. The summed E-state index contributed by atoms with van der Waals surface area (Å²) in [6, 6.07) is 0. The second-order valence-electron chi connectivity index (χ2n) is 2.14. The van der Waals surface area contributed by atoms with Crippen LogP contribution in [0.3, 0.4) is 0 Å². The van der Waals surface area contributed by atoms with Crippen LogP contribution >= 0.6 is 0 Å². The largest absolute Gasteiger partial charge is 0.452 e. The predicted molar refractivity (Wildman–Crippen MR) is 43.5 cm³/mol. The zero-order valence-corrected chi connectivity index (χ0v) is 7.65. The van der Waals surface area contributed by atoms with Gasteiger partial charge >= 0.3 is 12.2 Å². The van der Waals surface area contributed by atoms with Crippen molar-refractivity contribution >= 4 is 12.2 Å². The third-order valence-electron chi connectivity index (χ3n) is 1.11. The van der Waals surface area contributed by atoms with E-state index in [0.717, 1.165) is 20.0 Å². The minimum Gasteiger partial charge on any atom is -0.450 e. The van der Waals surface area contributed by atoms with Crippen molar-refractivity contribution in [2.45, 2.75) is 19.8 Å². The van der Waals surface area contributed by atoms with Crippen LogP contribution in [-0.2, 0) is 9.47 Å². The van der Waals surface area contributed by atoms with Crippen LogP contribution in [0.1, 0.15) is 19.8 Å². The highest BCUT2D eigenvalue weighted by Gasteiger charge is 2.00. The number of carbonyl (C=O) groups excluding carboxylic acids is 2. The van der Waals surface area contributed by atoms with Crippen LogP contribution < -0.4 is 0 Å². The van der Waals surface area contributed by atoms with E-state index in [2.05, 4.69) is 19.7 Å². The van der Waals surface area contributed by atoms with Gasteiger partial charge in [-0.15, -0.1) is 0 Å². The molecule has 0 aliphatic carbocycles. The van der Waals surface area contributed by atoms with Gasteiger partial charge in [0.1, 0.15) is 0 Å². The molecule has 0 saturated heterocycles. The maximum Gasteiger partial charge on any atom is 0.452 e. The summed E-state index contributed by atoms with van der Waals surface area (Å²) in [5.74, 6) is 0. The topological polar surface area (TPSA) is 77.3 Å². The molecule has 0 aromatic carbocycles. The van der Waals surface area contributed by atoms with Crippen LogP contribution in [0.5, 0.6) is 0 Å². The number of azo groups is 1. The molecule has 0 aliphatic rings. The van der Waals surface area contributed by atoms with Gasteiger partial charge in [0, 0.05) is 0 Å². The Kier molecular flexibility index (Phi) is 6.39. The molecule has 0 unspecified atom stereocenters. The fraction of sp³-hybridized carbons (Fsp3) is 0.714. The van der Waals surface area contributed by atoms with Crippen molar-refractivity contribution in [2.24, 2.45) is 10.2 Å². The second-order valence-corrected chi connectivity index (χ2v) is 2.14. The molecule has 13 heavy (non-hydrogen) atoms. The molecular weight excluding hydrogens is 176 g/mol. The van der Waals surface area contributed by atoms with E-state index in [1.165, 1.54) is 0 Å². The van der Waals surface area contributed by atoms with E-state index >= 15 is 0 Å². The highest BCUT2D eigenvalue weighted by Crippen LogP contribution is 1.92. The van der Waals surface area contributed by atoms with Gasteiger partial charge in [-0.05, 0) is 6.42 Å². The normalized spacial score (nSPS) is 10.0. The van der Waals surface area contributed by atoms with E-state index < -0.39 is 12.2 Å². The van der Waals surface area contributed by atoms with Crippen molar-refractivity contribution in [2.75, 3.05) is 13.7 Å². The van der Waals surface area contributed by atoms with Crippen LogP contribution in [-0.4, -0.2) is 25.9 Å². The molecule has 6 nitrogen and oxygen atoms in total. The Bertz CT molecular complexity index is 203. The molecule has 0 bridgehead atoms. The summed E-state index contributed by atoms with van der Waals surface area (Å²) in [7, 11) is 1.14. The predicted octanol–water partition coefficient (Wildman–Crippen LogP) is 2.14. The number of hydrogen-bond acceptors (Lipinski definition) is 4. The molecule has 0 aromatic rings. The van der Waals surface area contributed by atoms with Crippen molar-refractivity contribution in [1.29, 1.82) is 0 Å². The Labute approximate surface area is 75.9 Å². The number of hydrogen-bond donors (Lipinski definition) is 0. The molecule has 6 heteroatoms. The van der Waals surface area contributed by atoms with E-state index in [9.17, 15) is 9.59 Å². The van der Waals surface area contributed by atoms with Gasteiger partial charge in [-0.25, -0.2) is 9.59 Å². The molecule has 0 N–H and O–H groups in total. The van der Waals surface area contributed by atoms with Crippen molar-refractivity contribution < 1.29 is 19.1 Å². The molecule has 0 spiro atoms. The zero-order valence-electron chi connectivity index (χ0n) is 7.65. The monoisotopic (exact) mass is 188 g/mol. The van der Waals surface area contributed by atoms with Crippen molar-refractivity contribution in [1.82, 2.24) is 0 Å². The summed E-state index contributed by atoms with van der Waals surface area (Å²) in [5.41, 5.74) is 0. The third-order valence-corrected chi connectivity index (χ3v) is 1.11. The average molecular weight is 188 g/mol. The molecule has 2 amide bonds. The van der Waals surface area contributed by atoms with Crippen molar-refractivity contribution in [3.05, 3.63) is 0 Å². The lowest BCUT2D eigenvalue weighted by Crippen LogP contribution is -2.01. The molecule has 0 radical (unpaired) electrons. The number of unbranched alkanes of at least 4 members (excludes halogenated alkanes) is 1.